The molecule has 3 unspecified atom stereocenters. The van der Waals surface area contributed by atoms with Crippen LogP contribution in [0.5, 0.6) is 0 Å². The van der Waals surface area contributed by atoms with Crippen LogP contribution in [-0.2, 0) is 0 Å². The SMILES string of the molecule is CC1CCC(N2CCCC(N)C2)C1. The van der Waals surface area contributed by atoms with Gasteiger partial charge in [0.15, 0.2) is 0 Å². The van der Waals surface area contributed by atoms with E-state index in [1.807, 2.05) is 0 Å². The Morgan fingerprint density at radius 1 is 1.23 bits per heavy atom. The number of hydrogen-bond acceptors (Lipinski definition) is 2. The van der Waals surface area contributed by atoms with E-state index in [0.717, 1.165) is 18.5 Å². The highest BCUT2D eigenvalue weighted by atomic mass is 15.2. The molecule has 1 aliphatic carbocycles. The summed E-state index contributed by atoms with van der Waals surface area (Å²) in [5.41, 5.74) is 5.99. The van der Waals surface area contributed by atoms with Gasteiger partial charge in [-0.2, -0.15) is 0 Å². The molecule has 1 aliphatic heterocycles. The van der Waals surface area contributed by atoms with Crippen molar-refractivity contribution in [3.63, 3.8) is 0 Å². The van der Waals surface area contributed by atoms with E-state index in [4.69, 9.17) is 5.73 Å². The van der Waals surface area contributed by atoms with Crippen LogP contribution in [0.3, 0.4) is 0 Å². The molecule has 2 aliphatic rings. The lowest BCUT2D eigenvalue weighted by molar-refractivity contribution is 0.149. The first kappa shape index (κ1) is 9.47. The van der Waals surface area contributed by atoms with Gasteiger partial charge in [0.2, 0.25) is 0 Å². The van der Waals surface area contributed by atoms with E-state index in [-0.39, 0.29) is 0 Å². The van der Waals surface area contributed by atoms with Gasteiger partial charge in [0, 0.05) is 18.6 Å². The third-order valence-electron chi connectivity index (χ3n) is 3.67. The summed E-state index contributed by atoms with van der Waals surface area (Å²) < 4.78 is 0. The summed E-state index contributed by atoms with van der Waals surface area (Å²) in [5, 5.41) is 0. The Labute approximate surface area is 81.5 Å². The summed E-state index contributed by atoms with van der Waals surface area (Å²) in [5.74, 6) is 0.947. The number of nitrogens with two attached hydrogens (primary N) is 1. The van der Waals surface area contributed by atoms with Crippen LogP contribution in [0.25, 0.3) is 0 Å². The van der Waals surface area contributed by atoms with Crippen molar-refractivity contribution in [2.45, 2.75) is 51.1 Å². The highest BCUT2D eigenvalue weighted by Crippen LogP contribution is 2.30. The van der Waals surface area contributed by atoms with Gasteiger partial charge in [-0.3, -0.25) is 4.90 Å². The first-order chi connectivity index (χ1) is 6.25. The molecular weight excluding hydrogens is 160 g/mol. The normalized spacial score (nSPS) is 42.5. The summed E-state index contributed by atoms with van der Waals surface area (Å²) in [6, 6.07) is 1.31. The van der Waals surface area contributed by atoms with Gasteiger partial charge in [-0.1, -0.05) is 6.92 Å². The fourth-order valence-electron chi connectivity index (χ4n) is 2.88. The molecular formula is C11H22N2. The maximum absolute atomic E-state index is 5.99. The summed E-state index contributed by atoms with van der Waals surface area (Å²) in [7, 11) is 0. The number of nitrogens with zero attached hydrogens (tertiary/aromatic N) is 1. The molecule has 2 N–H and O–H groups in total. The summed E-state index contributed by atoms with van der Waals surface area (Å²) in [4.78, 5) is 2.64. The Bertz CT molecular complexity index is 169. The Balaban J connectivity index is 1.85. The molecule has 0 spiro atoms. The second-order valence-electron chi connectivity index (χ2n) is 4.97. The average molecular weight is 182 g/mol. The van der Waals surface area contributed by atoms with Crippen molar-refractivity contribution in [3.05, 3.63) is 0 Å². The predicted octanol–water partition coefficient (Wildman–Crippen LogP) is 1.60. The lowest BCUT2D eigenvalue weighted by Crippen LogP contribution is -2.46. The number of likely N-dealkylation sites (tertiary alicyclic amines) is 1. The van der Waals surface area contributed by atoms with Crippen LogP contribution in [0.15, 0.2) is 0 Å². The van der Waals surface area contributed by atoms with Crippen molar-refractivity contribution >= 4 is 0 Å². The molecule has 2 nitrogen and oxygen atoms in total. The Morgan fingerprint density at radius 2 is 2.08 bits per heavy atom. The molecule has 0 amide bonds. The fourth-order valence-corrected chi connectivity index (χ4v) is 2.88. The van der Waals surface area contributed by atoms with E-state index >= 15 is 0 Å². The van der Waals surface area contributed by atoms with Crippen LogP contribution < -0.4 is 5.73 Å². The quantitative estimate of drug-likeness (QED) is 0.667. The van der Waals surface area contributed by atoms with Gasteiger partial charge >= 0.3 is 0 Å². The van der Waals surface area contributed by atoms with Crippen LogP contribution in [0.4, 0.5) is 0 Å². The molecule has 2 heteroatoms. The zero-order chi connectivity index (χ0) is 9.26. The van der Waals surface area contributed by atoms with Gasteiger partial charge in [0.25, 0.3) is 0 Å². The largest absolute Gasteiger partial charge is 0.327 e. The van der Waals surface area contributed by atoms with Crippen LogP contribution in [0, 0.1) is 5.92 Å². The average Bonchev–Trinajstić information content (AvgIpc) is 2.52. The van der Waals surface area contributed by atoms with Gasteiger partial charge in [-0.15, -0.1) is 0 Å². The first-order valence-corrected chi connectivity index (χ1v) is 5.75. The van der Waals surface area contributed by atoms with Gasteiger partial charge in [-0.05, 0) is 44.6 Å². The molecule has 0 bridgehead atoms. The van der Waals surface area contributed by atoms with Crippen LogP contribution in [-0.4, -0.2) is 30.1 Å². The third kappa shape index (κ3) is 2.23. The minimum absolute atomic E-state index is 0.449. The topological polar surface area (TPSA) is 29.3 Å². The molecule has 1 heterocycles. The molecule has 13 heavy (non-hydrogen) atoms. The van der Waals surface area contributed by atoms with Gasteiger partial charge in [0.05, 0.1) is 0 Å². The van der Waals surface area contributed by atoms with E-state index < -0.39 is 0 Å². The number of hydrogen-bond donors (Lipinski definition) is 1. The van der Waals surface area contributed by atoms with Crippen molar-refractivity contribution in [3.8, 4) is 0 Å². The van der Waals surface area contributed by atoms with Crippen LogP contribution >= 0.6 is 0 Å². The summed E-state index contributed by atoms with van der Waals surface area (Å²) >= 11 is 0. The van der Waals surface area contributed by atoms with E-state index in [0.29, 0.717) is 6.04 Å². The fraction of sp³-hybridized carbons (Fsp3) is 1.00. The summed E-state index contributed by atoms with van der Waals surface area (Å²) in [6.45, 7) is 4.83. The zero-order valence-corrected chi connectivity index (χ0v) is 8.71. The van der Waals surface area contributed by atoms with Crippen molar-refractivity contribution in [1.29, 1.82) is 0 Å². The standard InChI is InChI=1S/C11H22N2/c1-9-4-5-11(7-9)13-6-2-3-10(12)8-13/h9-11H,2-8,12H2,1H3. The van der Waals surface area contributed by atoms with Crippen LogP contribution in [0.1, 0.15) is 39.0 Å². The molecule has 0 radical (unpaired) electrons. The molecule has 1 saturated heterocycles. The smallest absolute Gasteiger partial charge is 0.0168 e. The van der Waals surface area contributed by atoms with Crippen molar-refractivity contribution in [2.24, 2.45) is 11.7 Å². The Morgan fingerprint density at radius 3 is 2.69 bits per heavy atom. The van der Waals surface area contributed by atoms with Gasteiger partial charge in [0.1, 0.15) is 0 Å². The zero-order valence-electron chi connectivity index (χ0n) is 8.71. The molecule has 2 rings (SSSR count). The molecule has 1 saturated carbocycles. The molecule has 0 aromatic rings. The molecule has 0 aromatic carbocycles. The summed E-state index contributed by atoms with van der Waals surface area (Å²) in [6.07, 6.45) is 6.79. The second-order valence-corrected chi connectivity index (χ2v) is 4.97. The lowest BCUT2D eigenvalue weighted by atomic mass is 10.0. The first-order valence-electron chi connectivity index (χ1n) is 5.75. The van der Waals surface area contributed by atoms with E-state index in [2.05, 4.69) is 11.8 Å². The molecule has 2 fully saturated rings. The third-order valence-corrected chi connectivity index (χ3v) is 3.67. The highest BCUT2D eigenvalue weighted by Gasteiger charge is 2.29. The van der Waals surface area contributed by atoms with E-state index in [1.165, 1.54) is 38.6 Å². The number of rotatable bonds is 1. The Hall–Kier alpha value is -0.0800. The van der Waals surface area contributed by atoms with Crippen molar-refractivity contribution < 1.29 is 0 Å². The highest BCUT2D eigenvalue weighted by molar-refractivity contribution is 4.85. The van der Waals surface area contributed by atoms with E-state index in [9.17, 15) is 0 Å². The van der Waals surface area contributed by atoms with Crippen molar-refractivity contribution in [1.82, 2.24) is 4.90 Å². The second kappa shape index (κ2) is 3.97. The molecule has 0 aromatic heterocycles. The maximum Gasteiger partial charge on any atom is 0.0168 e. The van der Waals surface area contributed by atoms with Crippen molar-refractivity contribution in [2.75, 3.05) is 13.1 Å². The predicted molar refractivity (Wildman–Crippen MR) is 55.6 cm³/mol. The van der Waals surface area contributed by atoms with Gasteiger partial charge in [-0.25, -0.2) is 0 Å². The van der Waals surface area contributed by atoms with Gasteiger partial charge < -0.3 is 5.73 Å². The lowest BCUT2D eigenvalue weighted by Gasteiger charge is -2.35. The Kier molecular flexibility index (Phi) is 2.89. The minimum atomic E-state index is 0.449. The molecule has 76 valence electrons. The maximum atomic E-state index is 5.99. The minimum Gasteiger partial charge on any atom is -0.327 e. The molecule has 3 atom stereocenters. The monoisotopic (exact) mass is 182 g/mol. The van der Waals surface area contributed by atoms with Crippen LogP contribution in [0.2, 0.25) is 0 Å². The number of piperidine rings is 1. The van der Waals surface area contributed by atoms with E-state index in [1.54, 1.807) is 0 Å².